The smallest absolute Gasteiger partial charge is 0.262 e. The molecule has 0 aliphatic carbocycles. The summed E-state index contributed by atoms with van der Waals surface area (Å²) in [7, 11) is 0. The first-order chi connectivity index (χ1) is 15.0. The number of ether oxygens (including phenoxy) is 1. The fraction of sp³-hybridized carbons (Fsp3) is 0.400. The minimum absolute atomic E-state index is 0.107. The summed E-state index contributed by atoms with van der Waals surface area (Å²) in [6, 6.07) is 7.14. The minimum atomic E-state index is -0.423. The molecule has 164 valence electrons. The van der Waals surface area contributed by atoms with Gasteiger partial charge >= 0.3 is 0 Å². The van der Waals surface area contributed by atoms with Crippen molar-refractivity contribution < 1.29 is 9.53 Å². The maximum absolute atomic E-state index is 12.5. The van der Waals surface area contributed by atoms with E-state index >= 15 is 0 Å². The molecule has 31 heavy (non-hydrogen) atoms. The minimum Gasteiger partial charge on any atom is -0.379 e. The van der Waals surface area contributed by atoms with Crippen molar-refractivity contribution in [3.8, 4) is 5.69 Å². The zero-order chi connectivity index (χ0) is 21.8. The van der Waals surface area contributed by atoms with E-state index in [1.54, 1.807) is 29.8 Å². The van der Waals surface area contributed by atoms with Crippen LogP contribution in [0.25, 0.3) is 16.7 Å². The van der Waals surface area contributed by atoms with Crippen LogP contribution in [0.1, 0.15) is 6.92 Å². The van der Waals surface area contributed by atoms with Crippen molar-refractivity contribution in [2.75, 3.05) is 39.4 Å². The Labute approximate surface area is 188 Å². The highest BCUT2D eigenvalue weighted by atomic mass is 35.5. The van der Waals surface area contributed by atoms with Gasteiger partial charge in [-0.15, -0.1) is 0 Å². The molecule has 0 bridgehead atoms. The average molecular weight is 463 g/mol. The van der Waals surface area contributed by atoms with Crippen molar-refractivity contribution in [2.24, 2.45) is 0 Å². The second kappa shape index (κ2) is 9.82. The number of aromatic amines is 1. The van der Waals surface area contributed by atoms with Gasteiger partial charge in [0.25, 0.3) is 5.56 Å². The number of thioether (sulfide) groups is 1. The van der Waals surface area contributed by atoms with E-state index in [1.807, 2.05) is 6.07 Å². The summed E-state index contributed by atoms with van der Waals surface area (Å²) in [5.41, 5.74) is 0.805. The molecule has 0 spiro atoms. The first-order valence-electron chi connectivity index (χ1n) is 10.00. The predicted molar refractivity (Wildman–Crippen MR) is 120 cm³/mol. The van der Waals surface area contributed by atoms with Crippen molar-refractivity contribution in [2.45, 2.75) is 17.3 Å². The number of H-pyrrole nitrogens is 1. The average Bonchev–Trinajstić information content (AvgIpc) is 3.19. The van der Waals surface area contributed by atoms with E-state index in [0.29, 0.717) is 33.4 Å². The second-order valence-electron chi connectivity index (χ2n) is 7.15. The third-order valence-electron chi connectivity index (χ3n) is 4.96. The van der Waals surface area contributed by atoms with Crippen LogP contribution in [-0.4, -0.2) is 75.2 Å². The lowest BCUT2D eigenvalue weighted by Gasteiger charge is -2.26. The summed E-state index contributed by atoms with van der Waals surface area (Å²) in [5.74, 6) is -0.107. The van der Waals surface area contributed by atoms with Crippen LogP contribution in [0, 0.1) is 0 Å². The fourth-order valence-corrected chi connectivity index (χ4v) is 4.28. The molecule has 1 amide bonds. The molecule has 11 heteroatoms. The lowest BCUT2D eigenvalue weighted by molar-refractivity contribution is -0.120. The van der Waals surface area contributed by atoms with Crippen molar-refractivity contribution in [1.29, 1.82) is 0 Å². The third kappa shape index (κ3) is 5.27. The van der Waals surface area contributed by atoms with Crippen LogP contribution >= 0.6 is 23.4 Å². The van der Waals surface area contributed by atoms with E-state index in [2.05, 4.69) is 25.3 Å². The Hall–Kier alpha value is -2.40. The summed E-state index contributed by atoms with van der Waals surface area (Å²) in [6.07, 6.45) is 1.47. The zero-order valence-electron chi connectivity index (χ0n) is 17.0. The third-order valence-corrected chi connectivity index (χ3v) is 6.18. The summed E-state index contributed by atoms with van der Waals surface area (Å²) in [4.78, 5) is 34.5. The predicted octanol–water partition coefficient (Wildman–Crippen LogP) is 1.69. The Morgan fingerprint density at radius 1 is 1.39 bits per heavy atom. The Kier molecular flexibility index (Phi) is 6.91. The molecule has 1 aromatic carbocycles. The van der Waals surface area contributed by atoms with Gasteiger partial charge in [0.2, 0.25) is 5.91 Å². The van der Waals surface area contributed by atoms with E-state index in [-0.39, 0.29) is 11.5 Å². The van der Waals surface area contributed by atoms with E-state index in [9.17, 15) is 9.59 Å². The van der Waals surface area contributed by atoms with Crippen molar-refractivity contribution >= 4 is 40.3 Å². The Balaban J connectivity index is 1.44. The van der Waals surface area contributed by atoms with Crippen LogP contribution < -0.4 is 10.9 Å². The lowest BCUT2D eigenvalue weighted by Crippen LogP contribution is -2.42. The number of rotatable bonds is 7. The van der Waals surface area contributed by atoms with Crippen molar-refractivity contribution in [3.05, 3.63) is 45.8 Å². The molecular weight excluding hydrogens is 440 g/mol. The molecule has 1 saturated heterocycles. The normalized spacial score (nSPS) is 15.8. The Morgan fingerprint density at radius 2 is 2.19 bits per heavy atom. The number of carbonyl (C=O) groups is 1. The molecule has 3 aromatic rings. The topological polar surface area (TPSA) is 105 Å². The molecule has 1 atom stereocenters. The standard InChI is InChI=1S/C20H23ClN6O3S/c1-13(18(28)22-5-6-26-7-9-30-10-8-26)31-20-24-17-16(19(29)25-20)12-23-27(17)15-4-2-3-14(21)11-15/h2-4,11-13H,5-10H2,1H3,(H,22,28)(H,24,25,29). The van der Waals surface area contributed by atoms with Crippen LogP contribution in [-0.2, 0) is 9.53 Å². The molecule has 0 saturated carbocycles. The molecule has 3 heterocycles. The second-order valence-corrected chi connectivity index (χ2v) is 8.92. The number of halogens is 1. The van der Waals surface area contributed by atoms with Gasteiger partial charge in [0.1, 0.15) is 5.39 Å². The highest BCUT2D eigenvalue weighted by Gasteiger charge is 2.19. The number of benzene rings is 1. The van der Waals surface area contributed by atoms with Gasteiger partial charge in [-0.25, -0.2) is 9.67 Å². The number of hydrogen-bond donors (Lipinski definition) is 2. The van der Waals surface area contributed by atoms with Gasteiger partial charge in [0.15, 0.2) is 10.8 Å². The fourth-order valence-electron chi connectivity index (χ4n) is 3.28. The van der Waals surface area contributed by atoms with Gasteiger partial charge in [-0.05, 0) is 25.1 Å². The summed E-state index contributed by atoms with van der Waals surface area (Å²) in [5, 5.41) is 8.09. The van der Waals surface area contributed by atoms with E-state index in [0.717, 1.165) is 32.8 Å². The molecule has 2 N–H and O–H groups in total. The number of hydrogen-bond acceptors (Lipinski definition) is 7. The van der Waals surface area contributed by atoms with Crippen LogP contribution in [0.5, 0.6) is 0 Å². The van der Waals surface area contributed by atoms with E-state index in [1.165, 1.54) is 18.0 Å². The van der Waals surface area contributed by atoms with Gasteiger partial charge < -0.3 is 15.0 Å². The molecule has 1 aliphatic rings. The first-order valence-corrected chi connectivity index (χ1v) is 11.3. The number of carbonyl (C=O) groups excluding carboxylic acids is 1. The van der Waals surface area contributed by atoms with Crippen LogP contribution in [0.15, 0.2) is 40.4 Å². The Bertz CT molecular complexity index is 1130. The highest BCUT2D eigenvalue weighted by Crippen LogP contribution is 2.22. The highest BCUT2D eigenvalue weighted by molar-refractivity contribution is 8.00. The van der Waals surface area contributed by atoms with Gasteiger partial charge in [-0.1, -0.05) is 29.4 Å². The number of nitrogens with zero attached hydrogens (tertiary/aromatic N) is 4. The molecule has 1 aliphatic heterocycles. The number of fused-ring (bicyclic) bond motifs is 1. The molecular formula is C20H23ClN6O3S. The van der Waals surface area contributed by atoms with Gasteiger partial charge in [0.05, 0.1) is 30.3 Å². The quantitative estimate of drug-likeness (QED) is 0.406. The maximum atomic E-state index is 12.5. The maximum Gasteiger partial charge on any atom is 0.262 e. The monoisotopic (exact) mass is 462 g/mol. The zero-order valence-corrected chi connectivity index (χ0v) is 18.6. The van der Waals surface area contributed by atoms with Gasteiger partial charge in [-0.3, -0.25) is 14.5 Å². The van der Waals surface area contributed by atoms with Crippen molar-refractivity contribution in [1.82, 2.24) is 30.0 Å². The number of aromatic nitrogens is 4. The van der Waals surface area contributed by atoms with E-state index in [4.69, 9.17) is 16.3 Å². The SMILES string of the molecule is CC(Sc1nc2c(cnn2-c2cccc(Cl)c2)c(=O)[nH]1)C(=O)NCCN1CCOCC1. The summed E-state index contributed by atoms with van der Waals surface area (Å²) < 4.78 is 6.89. The molecule has 4 rings (SSSR count). The first kappa shape index (κ1) is 21.8. The van der Waals surface area contributed by atoms with E-state index < -0.39 is 5.25 Å². The van der Waals surface area contributed by atoms with Crippen LogP contribution in [0.3, 0.4) is 0 Å². The molecule has 9 nitrogen and oxygen atoms in total. The van der Waals surface area contributed by atoms with Crippen molar-refractivity contribution in [3.63, 3.8) is 0 Å². The molecule has 1 fully saturated rings. The molecule has 2 aromatic heterocycles. The lowest BCUT2D eigenvalue weighted by atomic mass is 10.3. The summed E-state index contributed by atoms with van der Waals surface area (Å²) >= 11 is 7.28. The van der Waals surface area contributed by atoms with Crippen LogP contribution in [0.4, 0.5) is 0 Å². The van der Waals surface area contributed by atoms with Gasteiger partial charge in [-0.2, -0.15) is 5.10 Å². The summed E-state index contributed by atoms with van der Waals surface area (Å²) in [6.45, 7) is 6.35. The number of morpholine rings is 1. The largest absolute Gasteiger partial charge is 0.379 e. The molecule has 0 radical (unpaired) electrons. The molecule has 1 unspecified atom stereocenters. The van der Waals surface area contributed by atoms with Gasteiger partial charge in [0, 0.05) is 31.2 Å². The van der Waals surface area contributed by atoms with Crippen LogP contribution in [0.2, 0.25) is 5.02 Å². The Morgan fingerprint density at radius 3 is 2.97 bits per heavy atom. The number of amides is 1. The number of nitrogens with one attached hydrogen (secondary N) is 2.